The maximum Gasteiger partial charge on any atom is 0.161 e. The summed E-state index contributed by atoms with van der Waals surface area (Å²) in [5.41, 5.74) is 3.49. The Labute approximate surface area is 155 Å². The molecule has 1 unspecified atom stereocenters. The number of rotatable bonds is 7. The van der Waals surface area contributed by atoms with Gasteiger partial charge in [-0.1, -0.05) is 30.3 Å². The molecule has 0 bridgehead atoms. The van der Waals surface area contributed by atoms with E-state index in [1.807, 2.05) is 6.07 Å². The van der Waals surface area contributed by atoms with E-state index < -0.39 is 0 Å². The SMILES string of the molecule is COc1cc(CNCC2CN(C)CCO2)c(-c2ccccc2)cc1OC. The monoisotopic (exact) mass is 356 g/mol. The summed E-state index contributed by atoms with van der Waals surface area (Å²) < 4.78 is 16.8. The minimum Gasteiger partial charge on any atom is -0.493 e. The molecule has 1 aliphatic rings. The number of morpholine rings is 1. The fraction of sp³-hybridized carbons (Fsp3) is 0.429. The van der Waals surface area contributed by atoms with Crippen LogP contribution in [0.1, 0.15) is 5.56 Å². The average molecular weight is 356 g/mol. The molecule has 0 aromatic heterocycles. The number of nitrogens with zero attached hydrogens (tertiary/aromatic N) is 1. The Balaban J connectivity index is 1.78. The lowest BCUT2D eigenvalue weighted by molar-refractivity contribution is -0.0182. The fourth-order valence-corrected chi connectivity index (χ4v) is 3.31. The molecular weight excluding hydrogens is 328 g/mol. The molecule has 0 spiro atoms. The first-order valence-corrected chi connectivity index (χ1v) is 9.02. The van der Waals surface area contributed by atoms with Gasteiger partial charge < -0.3 is 24.4 Å². The van der Waals surface area contributed by atoms with Gasteiger partial charge in [-0.05, 0) is 35.9 Å². The number of methoxy groups -OCH3 is 2. The first kappa shape index (κ1) is 18.7. The highest BCUT2D eigenvalue weighted by atomic mass is 16.5. The number of hydrogen-bond acceptors (Lipinski definition) is 5. The highest BCUT2D eigenvalue weighted by Gasteiger charge is 2.18. The summed E-state index contributed by atoms with van der Waals surface area (Å²) in [7, 11) is 5.47. The van der Waals surface area contributed by atoms with Crippen LogP contribution in [0.3, 0.4) is 0 Å². The summed E-state index contributed by atoms with van der Waals surface area (Å²) in [6, 6.07) is 14.5. The van der Waals surface area contributed by atoms with Crippen molar-refractivity contribution in [3.8, 4) is 22.6 Å². The van der Waals surface area contributed by atoms with Gasteiger partial charge >= 0.3 is 0 Å². The Morgan fingerprint density at radius 3 is 2.54 bits per heavy atom. The van der Waals surface area contributed by atoms with E-state index in [4.69, 9.17) is 14.2 Å². The van der Waals surface area contributed by atoms with Gasteiger partial charge in [0.05, 0.1) is 26.9 Å². The van der Waals surface area contributed by atoms with Crippen LogP contribution in [0.5, 0.6) is 11.5 Å². The molecule has 1 N–H and O–H groups in total. The number of benzene rings is 2. The quantitative estimate of drug-likeness (QED) is 0.826. The topological polar surface area (TPSA) is 43.0 Å². The summed E-state index contributed by atoms with van der Waals surface area (Å²) in [6.45, 7) is 4.34. The molecule has 1 atom stereocenters. The fourth-order valence-electron chi connectivity index (χ4n) is 3.31. The summed E-state index contributed by atoms with van der Waals surface area (Å²) in [5, 5.41) is 3.54. The van der Waals surface area contributed by atoms with Gasteiger partial charge in [0.15, 0.2) is 11.5 Å². The molecule has 5 heteroatoms. The van der Waals surface area contributed by atoms with Gasteiger partial charge in [-0.25, -0.2) is 0 Å². The van der Waals surface area contributed by atoms with E-state index in [9.17, 15) is 0 Å². The minimum absolute atomic E-state index is 0.231. The van der Waals surface area contributed by atoms with Crippen molar-refractivity contribution in [1.82, 2.24) is 10.2 Å². The second-order valence-corrected chi connectivity index (χ2v) is 6.62. The normalized spacial score (nSPS) is 17.9. The van der Waals surface area contributed by atoms with Crippen molar-refractivity contribution in [1.29, 1.82) is 0 Å². The Morgan fingerprint density at radius 1 is 1.12 bits per heavy atom. The first-order chi connectivity index (χ1) is 12.7. The van der Waals surface area contributed by atoms with E-state index in [1.54, 1.807) is 14.2 Å². The van der Waals surface area contributed by atoms with Gasteiger partial charge in [0, 0.05) is 26.2 Å². The third kappa shape index (κ3) is 4.55. The largest absolute Gasteiger partial charge is 0.493 e. The van der Waals surface area contributed by atoms with Crippen molar-refractivity contribution in [2.24, 2.45) is 0 Å². The molecule has 140 valence electrons. The summed E-state index contributed by atoms with van der Waals surface area (Å²) in [6.07, 6.45) is 0.231. The molecule has 2 aromatic rings. The van der Waals surface area contributed by atoms with Crippen molar-refractivity contribution < 1.29 is 14.2 Å². The zero-order valence-corrected chi connectivity index (χ0v) is 15.8. The highest BCUT2D eigenvalue weighted by Crippen LogP contribution is 2.35. The molecule has 26 heavy (non-hydrogen) atoms. The summed E-state index contributed by atoms with van der Waals surface area (Å²) in [5.74, 6) is 1.49. The maximum atomic E-state index is 5.83. The van der Waals surface area contributed by atoms with Gasteiger partial charge in [0.25, 0.3) is 0 Å². The van der Waals surface area contributed by atoms with E-state index >= 15 is 0 Å². The second-order valence-electron chi connectivity index (χ2n) is 6.62. The van der Waals surface area contributed by atoms with Gasteiger partial charge in [0.1, 0.15) is 0 Å². The Bertz CT molecular complexity index is 706. The van der Waals surface area contributed by atoms with Crippen LogP contribution in [0.2, 0.25) is 0 Å². The Morgan fingerprint density at radius 2 is 1.85 bits per heavy atom. The van der Waals surface area contributed by atoms with Crippen molar-refractivity contribution >= 4 is 0 Å². The maximum absolute atomic E-state index is 5.83. The predicted octanol–water partition coefficient (Wildman–Crippen LogP) is 2.79. The molecule has 3 rings (SSSR count). The lowest BCUT2D eigenvalue weighted by Gasteiger charge is -2.30. The van der Waals surface area contributed by atoms with Crippen molar-refractivity contribution in [3.63, 3.8) is 0 Å². The molecule has 0 saturated carbocycles. The minimum atomic E-state index is 0.231. The van der Waals surface area contributed by atoms with Crippen LogP contribution >= 0.6 is 0 Å². The number of likely N-dealkylation sites (N-methyl/N-ethyl adjacent to an activating group) is 1. The van der Waals surface area contributed by atoms with E-state index in [-0.39, 0.29) is 6.10 Å². The lowest BCUT2D eigenvalue weighted by atomic mass is 9.98. The van der Waals surface area contributed by atoms with E-state index in [2.05, 4.69) is 53.7 Å². The molecule has 0 radical (unpaired) electrons. The third-order valence-corrected chi connectivity index (χ3v) is 4.72. The molecule has 1 aliphatic heterocycles. The van der Waals surface area contributed by atoms with Crippen LogP contribution in [-0.4, -0.2) is 58.5 Å². The van der Waals surface area contributed by atoms with Crippen LogP contribution in [0.25, 0.3) is 11.1 Å². The van der Waals surface area contributed by atoms with Crippen LogP contribution in [0.15, 0.2) is 42.5 Å². The number of ether oxygens (including phenoxy) is 3. The van der Waals surface area contributed by atoms with Crippen molar-refractivity contribution in [2.45, 2.75) is 12.6 Å². The van der Waals surface area contributed by atoms with Gasteiger partial charge in [-0.3, -0.25) is 0 Å². The molecule has 1 heterocycles. The first-order valence-electron chi connectivity index (χ1n) is 9.02. The molecule has 1 fully saturated rings. The van der Waals surface area contributed by atoms with Crippen LogP contribution in [-0.2, 0) is 11.3 Å². The predicted molar refractivity (Wildman–Crippen MR) is 104 cm³/mol. The molecule has 2 aromatic carbocycles. The Kier molecular flexibility index (Phi) is 6.50. The summed E-state index contributed by atoms with van der Waals surface area (Å²) in [4.78, 5) is 2.31. The van der Waals surface area contributed by atoms with Crippen LogP contribution in [0, 0.1) is 0 Å². The van der Waals surface area contributed by atoms with Gasteiger partial charge in [-0.2, -0.15) is 0 Å². The van der Waals surface area contributed by atoms with Crippen molar-refractivity contribution in [2.75, 3.05) is 47.5 Å². The van der Waals surface area contributed by atoms with Gasteiger partial charge in [-0.15, -0.1) is 0 Å². The van der Waals surface area contributed by atoms with E-state index in [0.29, 0.717) is 0 Å². The zero-order valence-electron chi connectivity index (χ0n) is 15.8. The standard InChI is InChI=1S/C21H28N2O3/c1-23-9-10-26-18(15-23)14-22-13-17-11-20(24-2)21(25-3)12-19(17)16-7-5-4-6-8-16/h4-8,11-12,18,22H,9-10,13-15H2,1-3H3. The third-order valence-electron chi connectivity index (χ3n) is 4.72. The second kappa shape index (κ2) is 9.03. The molecule has 0 amide bonds. The average Bonchev–Trinajstić information content (AvgIpc) is 2.68. The van der Waals surface area contributed by atoms with E-state index in [1.165, 1.54) is 11.1 Å². The molecular formula is C21H28N2O3. The molecule has 5 nitrogen and oxygen atoms in total. The molecule has 0 aliphatic carbocycles. The smallest absolute Gasteiger partial charge is 0.161 e. The number of nitrogens with one attached hydrogen (secondary N) is 1. The summed E-state index contributed by atoms with van der Waals surface area (Å²) >= 11 is 0. The Hall–Kier alpha value is -2.08. The van der Waals surface area contributed by atoms with E-state index in [0.717, 1.165) is 49.8 Å². The van der Waals surface area contributed by atoms with Crippen LogP contribution < -0.4 is 14.8 Å². The lowest BCUT2D eigenvalue weighted by Crippen LogP contribution is -2.44. The van der Waals surface area contributed by atoms with Crippen molar-refractivity contribution in [3.05, 3.63) is 48.0 Å². The molecule has 1 saturated heterocycles. The zero-order chi connectivity index (χ0) is 18.4. The van der Waals surface area contributed by atoms with Crippen LogP contribution in [0.4, 0.5) is 0 Å². The number of hydrogen-bond donors (Lipinski definition) is 1. The van der Waals surface area contributed by atoms with Gasteiger partial charge in [0.2, 0.25) is 0 Å². The highest BCUT2D eigenvalue weighted by molar-refractivity contribution is 5.71.